The van der Waals surface area contributed by atoms with Crippen molar-refractivity contribution in [1.82, 2.24) is 20.5 Å². The number of β-lactam (4-membered cyclic amide) rings is 1. The van der Waals surface area contributed by atoms with Gasteiger partial charge in [0.2, 0.25) is 5.91 Å². The zero-order valence-corrected chi connectivity index (χ0v) is 21.3. The quantitative estimate of drug-likeness (QED) is 0.114. The van der Waals surface area contributed by atoms with E-state index in [9.17, 15) is 29.5 Å². The number of nitrogens with one attached hydrogen (secondary N) is 2. The third kappa shape index (κ3) is 4.41. The van der Waals surface area contributed by atoms with Crippen molar-refractivity contribution in [3.63, 3.8) is 0 Å². The highest BCUT2D eigenvalue weighted by Gasteiger charge is 2.55. The summed E-state index contributed by atoms with van der Waals surface area (Å²) >= 11 is 2.32. The molecule has 0 unspecified atom stereocenters. The number of carbonyl (C=O) groups is 4. The van der Waals surface area contributed by atoms with Crippen LogP contribution in [-0.4, -0.2) is 73.3 Å². The molecule has 0 bridgehead atoms. The molecular weight excluding hydrogens is 532 g/mol. The molecule has 6 N–H and O–H groups in total. The number of nitrogen functional groups attached to an aromatic ring is 1. The highest BCUT2D eigenvalue weighted by molar-refractivity contribution is 8.00. The molecule has 12 nitrogen and oxygen atoms in total. The van der Waals surface area contributed by atoms with Crippen molar-refractivity contribution in [1.29, 1.82) is 0 Å². The van der Waals surface area contributed by atoms with E-state index in [0.717, 1.165) is 16.2 Å². The van der Waals surface area contributed by atoms with Crippen molar-refractivity contribution in [2.45, 2.75) is 24.3 Å². The van der Waals surface area contributed by atoms with E-state index in [0.29, 0.717) is 41.7 Å². The second kappa shape index (κ2) is 10.3. The summed E-state index contributed by atoms with van der Waals surface area (Å²) in [6.07, 6.45) is 1.18. The number of carboxylic acids is 1. The molecule has 0 saturated carbocycles. The monoisotopic (exact) mass is 554 g/mol. The molecule has 3 aliphatic rings. The van der Waals surface area contributed by atoms with Crippen molar-refractivity contribution < 1.29 is 29.5 Å². The Morgan fingerprint density at radius 1 is 1.24 bits per heavy atom. The Bertz CT molecular complexity index is 1430. The van der Waals surface area contributed by atoms with Gasteiger partial charge in [-0.3, -0.25) is 19.3 Å². The zero-order valence-electron chi connectivity index (χ0n) is 19.7. The van der Waals surface area contributed by atoms with Crippen molar-refractivity contribution in [3.05, 3.63) is 63.8 Å². The minimum absolute atomic E-state index is 0.0470. The first-order valence-corrected chi connectivity index (χ1v) is 13.5. The van der Waals surface area contributed by atoms with Gasteiger partial charge >= 0.3 is 5.97 Å². The highest BCUT2D eigenvalue weighted by Crippen LogP contribution is 2.45. The molecule has 2 saturated heterocycles. The molecule has 0 aliphatic carbocycles. The molecule has 14 heteroatoms. The Balaban J connectivity index is 1.49. The summed E-state index contributed by atoms with van der Waals surface area (Å²) in [6.45, 7) is 0.532. The van der Waals surface area contributed by atoms with Crippen molar-refractivity contribution >= 4 is 63.2 Å². The van der Waals surface area contributed by atoms with Gasteiger partial charge in [0.15, 0.2) is 10.8 Å². The molecular formula is C24H22N6O6S2. The normalized spacial score (nSPS) is 22.8. The van der Waals surface area contributed by atoms with Gasteiger partial charge in [-0.1, -0.05) is 35.5 Å². The molecule has 1 aromatic carbocycles. The van der Waals surface area contributed by atoms with E-state index >= 15 is 0 Å². The number of nitrogens with two attached hydrogens (primary N) is 1. The summed E-state index contributed by atoms with van der Waals surface area (Å²) in [5.41, 5.74) is 7.01. The van der Waals surface area contributed by atoms with E-state index in [-0.39, 0.29) is 28.2 Å². The second-order valence-corrected chi connectivity index (χ2v) is 10.6. The van der Waals surface area contributed by atoms with Crippen LogP contribution in [0.25, 0.3) is 5.57 Å². The summed E-state index contributed by atoms with van der Waals surface area (Å²) in [4.78, 5) is 56.4. The van der Waals surface area contributed by atoms with Crippen LogP contribution >= 0.6 is 23.1 Å². The Labute approximate surface area is 224 Å². The number of allylic oxidation sites excluding steroid dienone is 1. The number of hydrogen-bond donors (Lipinski definition) is 5. The maximum atomic E-state index is 13.2. The first kappa shape index (κ1) is 25.5. The number of carbonyl (C=O) groups excluding carboxylic acids is 3. The van der Waals surface area contributed by atoms with Crippen molar-refractivity contribution in [2.24, 2.45) is 5.16 Å². The standard InChI is InChI=1S/C24H22N6O6S2/c25-24-27-14(10-38-24)16(29-36)20(32)28-17-21(33)30-18(23(34)35)13(9-37-22(17)30)15(11-5-2-1-3-6-11)12-7-4-8-26-19(12)31/h1-3,5-6,10,17,22,36H,4,7-9H2,(H2,25,27)(H,26,31)(H,28,32)(H,34,35)/t17-,22-/m1/s1. The smallest absolute Gasteiger partial charge is 0.352 e. The van der Waals surface area contributed by atoms with Gasteiger partial charge in [0, 0.05) is 28.8 Å². The average molecular weight is 555 g/mol. The van der Waals surface area contributed by atoms with Gasteiger partial charge < -0.3 is 26.7 Å². The number of nitrogens with zero attached hydrogens (tertiary/aromatic N) is 3. The largest absolute Gasteiger partial charge is 0.477 e. The van der Waals surface area contributed by atoms with Crippen LogP contribution < -0.4 is 16.4 Å². The number of oxime groups is 1. The van der Waals surface area contributed by atoms with Gasteiger partial charge in [-0.05, 0) is 24.0 Å². The topological polar surface area (TPSA) is 187 Å². The van der Waals surface area contributed by atoms with Crippen LogP contribution in [0.5, 0.6) is 0 Å². The lowest BCUT2D eigenvalue weighted by atomic mass is 9.87. The van der Waals surface area contributed by atoms with Crippen molar-refractivity contribution in [2.75, 3.05) is 18.0 Å². The molecule has 196 valence electrons. The number of hydrogen-bond acceptors (Lipinski definition) is 10. The number of piperidine rings is 1. The lowest BCUT2D eigenvalue weighted by Crippen LogP contribution is -2.71. The van der Waals surface area contributed by atoms with E-state index < -0.39 is 34.9 Å². The molecule has 0 radical (unpaired) electrons. The Morgan fingerprint density at radius 3 is 2.63 bits per heavy atom. The Kier molecular flexibility index (Phi) is 6.91. The first-order valence-electron chi connectivity index (χ1n) is 11.5. The van der Waals surface area contributed by atoms with Gasteiger partial charge in [0.1, 0.15) is 22.8 Å². The third-order valence-corrected chi connectivity index (χ3v) is 8.32. The maximum Gasteiger partial charge on any atom is 0.352 e. The Hall–Kier alpha value is -4.17. The van der Waals surface area contributed by atoms with Crippen LogP contribution in [0, 0.1) is 0 Å². The number of fused-ring (bicyclic) bond motifs is 1. The number of benzene rings is 1. The minimum atomic E-state index is -1.32. The zero-order chi connectivity index (χ0) is 27.0. The van der Waals surface area contributed by atoms with Crippen molar-refractivity contribution in [3.8, 4) is 0 Å². The number of rotatable bonds is 6. The van der Waals surface area contributed by atoms with Crippen LogP contribution in [0.2, 0.25) is 0 Å². The van der Waals surface area contributed by atoms with Crippen LogP contribution in [-0.2, 0) is 19.2 Å². The number of aromatic nitrogens is 1. The van der Waals surface area contributed by atoms with Gasteiger partial charge in [-0.15, -0.1) is 23.1 Å². The number of thiazole rings is 1. The molecule has 38 heavy (non-hydrogen) atoms. The minimum Gasteiger partial charge on any atom is -0.477 e. The molecule has 1 aromatic heterocycles. The van der Waals surface area contributed by atoms with Gasteiger partial charge in [0.05, 0.1) is 0 Å². The fraction of sp³-hybridized carbons (Fsp3) is 0.250. The molecule has 5 rings (SSSR count). The Morgan fingerprint density at radius 2 is 2.00 bits per heavy atom. The first-order chi connectivity index (χ1) is 18.3. The summed E-state index contributed by atoms with van der Waals surface area (Å²) < 4.78 is 0. The summed E-state index contributed by atoms with van der Waals surface area (Å²) in [7, 11) is 0. The maximum absolute atomic E-state index is 13.2. The molecule has 2 atom stereocenters. The molecule has 4 heterocycles. The number of thioether (sulfide) groups is 1. The van der Waals surface area contributed by atoms with E-state index in [1.165, 1.54) is 17.1 Å². The lowest BCUT2D eigenvalue weighted by molar-refractivity contribution is -0.150. The predicted molar refractivity (Wildman–Crippen MR) is 140 cm³/mol. The van der Waals surface area contributed by atoms with E-state index in [1.54, 1.807) is 24.3 Å². The molecule has 0 spiro atoms. The molecule has 2 fully saturated rings. The molecule has 3 aliphatic heterocycles. The number of aliphatic carboxylic acids is 1. The van der Waals surface area contributed by atoms with E-state index in [1.807, 2.05) is 6.07 Å². The number of carboxylic acid groups (broad SMARTS) is 1. The van der Waals surface area contributed by atoms with Gasteiger partial charge in [0.25, 0.3) is 11.8 Å². The SMILES string of the molecule is Nc1nc(C(=NO)C(=O)N[C@@H]2C(=O)N3C(C(=O)O)=C(C(=C4CCCNC4=O)c4ccccc4)CS[C@H]23)cs1. The van der Waals surface area contributed by atoms with Gasteiger partial charge in [-0.2, -0.15) is 0 Å². The highest BCUT2D eigenvalue weighted by atomic mass is 32.2. The molecule has 3 amide bonds. The lowest BCUT2D eigenvalue weighted by Gasteiger charge is -2.49. The number of anilines is 1. The third-order valence-electron chi connectivity index (χ3n) is 6.37. The van der Waals surface area contributed by atoms with Crippen LogP contribution in [0.4, 0.5) is 5.13 Å². The van der Waals surface area contributed by atoms with Gasteiger partial charge in [-0.25, -0.2) is 9.78 Å². The fourth-order valence-corrected chi connectivity index (χ4v) is 6.59. The van der Waals surface area contributed by atoms with E-state index in [4.69, 9.17) is 5.73 Å². The molecule has 2 aromatic rings. The number of amides is 3. The summed E-state index contributed by atoms with van der Waals surface area (Å²) in [5.74, 6) is -2.88. The summed E-state index contributed by atoms with van der Waals surface area (Å²) in [6, 6.07) is 7.97. The summed E-state index contributed by atoms with van der Waals surface area (Å²) in [5, 5.41) is 28.8. The van der Waals surface area contributed by atoms with Crippen LogP contribution in [0.3, 0.4) is 0 Å². The van der Waals surface area contributed by atoms with Crippen LogP contribution in [0.15, 0.2) is 57.7 Å². The fourth-order valence-electron chi connectivity index (χ4n) is 4.69. The van der Waals surface area contributed by atoms with E-state index in [2.05, 4.69) is 20.8 Å². The average Bonchev–Trinajstić information content (AvgIpc) is 3.34. The predicted octanol–water partition coefficient (Wildman–Crippen LogP) is 1.01. The second-order valence-electron chi connectivity index (χ2n) is 8.59. The van der Waals surface area contributed by atoms with Crippen LogP contribution in [0.1, 0.15) is 24.1 Å².